The lowest BCUT2D eigenvalue weighted by Crippen LogP contribution is -1.76. The fourth-order valence-electron chi connectivity index (χ4n) is 1.01. The lowest BCUT2D eigenvalue weighted by atomic mass is 10.3. The molecular weight excluding hydrogens is 184 g/mol. The zero-order chi connectivity index (χ0) is 9.26. The van der Waals surface area contributed by atoms with Gasteiger partial charge in [0.25, 0.3) is 0 Å². The summed E-state index contributed by atoms with van der Waals surface area (Å²) in [6.07, 6.45) is 3.42. The highest BCUT2D eigenvalue weighted by molar-refractivity contribution is 7.16. The van der Waals surface area contributed by atoms with E-state index in [2.05, 4.69) is 9.97 Å². The van der Waals surface area contributed by atoms with Crippen molar-refractivity contribution >= 4 is 11.3 Å². The smallest absolute Gasteiger partial charge is 0.195 e. The van der Waals surface area contributed by atoms with Crippen LogP contribution in [0.5, 0.6) is 5.06 Å². The van der Waals surface area contributed by atoms with E-state index in [0.29, 0.717) is 5.69 Å². The van der Waals surface area contributed by atoms with Gasteiger partial charge in [0.15, 0.2) is 5.06 Å². The van der Waals surface area contributed by atoms with Crippen LogP contribution in [0.25, 0.3) is 10.6 Å². The molecule has 0 saturated carbocycles. The molecule has 0 aliphatic rings. The lowest BCUT2D eigenvalue weighted by Gasteiger charge is -1.91. The predicted octanol–water partition coefficient (Wildman–Crippen LogP) is 2.22. The fourth-order valence-corrected chi connectivity index (χ4v) is 1.82. The summed E-state index contributed by atoms with van der Waals surface area (Å²) in [6.45, 7) is 1.79. The van der Waals surface area contributed by atoms with Gasteiger partial charge in [0, 0.05) is 18.0 Å². The number of rotatable bonds is 1. The highest BCUT2D eigenvalue weighted by atomic mass is 32.1. The van der Waals surface area contributed by atoms with Crippen LogP contribution in [0, 0.1) is 6.92 Å². The number of pyridine rings is 1. The van der Waals surface area contributed by atoms with Crippen LogP contribution in [0.3, 0.4) is 0 Å². The molecule has 0 unspecified atom stereocenters. The van der Waals surface area contributed by atoms with Crippen LogP contribution >= 0.6 is 11.3 Å². The number of aryl methyl sites for hydroxylation is 1. The van der Waals surface area contributed by atoms with Gasteiger partial charge in [-0.3, -0.25) is 4.98 Å². The summed E-state index contributed by atoms with van der Waals surface area (Å²) < 4.78 is 0. The van der Waals surface area contributed by atoms with Gasteiger partial charge in [-0.05, 0) is 19.1 Å². The van der Waals surface area contributed by atoms with Gasteiger partial charge in [0.05, 0.1) is 5.69 Å². The van der Waals surface area contributed by atoms with E-state index in [1.165, 1.54) is 11.3 Å². The zero-order valence-electron chi connectivity index (χ0n) is 7.06. The van der Waals surface area contributed by atoms with Gasteiger partial charge in [-0.15, -0.1) is 0 Å². The molecule has 0 radical (unpaired) electrons. The quantitative estimate of drug-likeness (QED) is 0.753. The van der Waals surface area contributed by atoms with Gasteiger partial charge < -0.3 is 5.11 Å². The van der Waals surface area contributed by atoms with E-state index >= 15 is 0 Å². The number of hydrogen-bond donors (Lipinski definition) is 1. The first kappa shape index (κ1) is 8.19. The number of aromatic hydroxyl groups is 1. The average Bonchev–Trinajstić information content (AvgIpc) is 2.49. The zero-order valence-corrected chi connectivity index (χ0v) is 7.88. The summed E-state index contributed by atoms with van der Waals surface area (Å²) >= 11 is 1.28. The van der Waals surface area contributed by atoms with Crippen LogP contribution in [0.2, 0.25) is 0 Å². The molecule has 0 atom stereocenters. The molecule has 66 valence electrons. The SMILES string of the molecule is Cc1nc(-c2ccncc2)sc1O. The van der Waals surface area contributed by atoms with E-state index in [-0.39, 0.29) is 5.06 Å². The van der Waals surface area contributed by atoms with Crippen molar-refractivity contribution in [2.75, 3.05) is 0 Å². The Morgan fingerprint density at radius 3 is 2.54 bits per heavy atom. The van der Waals surface area contributed by atoms with Crippen molar-refractivity contribution in [3.8, 4) is 15.6 Å². The highest BCUT2D eigenvalue weighted by Crippen LogP contribution is 2.31. The van der Waals surface area contributed by atoms with Crippen LogP contribution < -0.4 is 0 Å². The van der Waals surface area contributed by atoms with E-state index in [4.69, 9.17) is 0 Å². The van der Waals surface area contributed by atoms with Crippen molar-refractivity contribution in [1.29, 1.82) is 0 Å². The summed E-state index contributed by atoms with van der Waals surface area (Å²) in [6, 6.07) is 3.75. The van der Waals surface area contributed by atoms with Crippen molar-refractivity contribution in [3.63, 3.8) is 0 Å². The van der Waals surface area contributed by atoms with Gasteiger partial charge in [-0.25, -0.2) is 4.98 Å². The molecule has 13 heavy (non-hydrogen) atoms. The fraction of sp³-hybridized carbons (Fsp3) is 0.111. The Bertz CT molecular complexity index is 391. The minimum atomic E-state index is 0.284. The molecule has 0 aromatic carbocycles. The maximum atomic E-state index is 9.34. The molecule has 4 heteroatoms. The van der Waals surface area contributed by atoms with Gasteiger partial charge >= 0.3 is 0 Å². The van der Waals surface area contributed by atoms with E-state index in [9.17, 15) is 5.11 Å². The molecule has 2 heterocycles. The van der Waals surface area contributed by atoms with Crippen molar-refractivity contribution in [2.24, 2.45) is 0 Å². The largest absolute Gasteiger partial charge is 0.498 e. The Morgan fingerprint density at radius 1 is 1.31 bits per heavy atom. The number of nitrogens with zero attached hydrogens (tertiary/aromatic N) is 2. The second-order valence-electron chi connectivity index (χ2n) is 2.65. The third kappa shape index (κ3) is 1.53. The Morgan fingerprint density at radius 2 is 2.00 bits per heavy atom. The molecule has 2 aromatic heterocycles. The first-order chi connectivity index (χ1) is 6.27. The lowest BCUT2D eigenvalue weighted by molar-refractivity contribution is 0.485. The minimum Gasteiger partial charge on any atom is -0.498 e. The van der Waals surface area contributed by atoms with Crippen molar-refractivity contribution in [3.05, 3.63) is 30.2 Å². The first-order valence-corrected chi connectivity index (χ1v) is 4.66. The number of aromatic nitrogens is 2. The standard InChI is InChI=1S/C9H8N2OS/c1-6-9(12)13-8(11-6)7-2-4-10-5-3-7/h2-5,12H,1H3. The van der Waals surface area contributed by atoms with E-state index < -0.39 is 0 Å². The summed E-state index contributed by atoms with van der Waals surface area (Å²) in [5.74, 6) is 0. The summed E-state index contributed by atoms with van der Waals surface area (Å²) in [7, 11) is 0. The molecular formula is C9H8N2OS. The molecule has 0 bridgehead atoms. The molecule has 0 saturated heterocycles. The van der Waals surface area contributed by atoms with Crippen LogP contribution in [0.1, 0.15) is 5.69 Å². The summed E-state index contributed by atoms with van der Waals surface area (Å²) in [5, 5.41) is 10.5. The third-order valence-electron chi connectivity index (χ3n) is 1.70. The molecule has 0 spiro atoms. The molecule has 0 amide bonds. The Kier molecular flexibility index (Phi) is 1.98. The second-order valence-corrected chi connectivity index (χ2v) is 3.62. The maximum absolute atomic E-state index is 9.34. The molecule has 0 aliphatic carbocycles. The van der Waals surface area contributed by atoms with Crippen LogP contribution in [-0.4, -0.2) is 15.1 Å². The molecule has 2 rings (SSSR count). The number of hydrogen-bond acceptors (Lipinski definition) is 4. The van der Waals surface area contributed by atoms with Gasteiger partial charge in [0.1, 0.15) is 5.01 Å². The second kappa shape index (κ2) is 3.14. The normalized spacial score (nSPS) is 10.2. The van der Waals surface area contributed by atoms with Gasteiger partial charge in [-0.2, -0.15) is 0 Å². The van der Waals surface area contributed by atoms with Gasteiger partial charge in [0.2, 0.25) is 0 Å². The highest BCUT2D eigenvalue weighted by Gasteiger charge is 2.06. The monoisotopic (exact) mass is 192 g/mol. The molecule has 3 nitrogen and oxygen atoms in total. The molecule has 0 fully saturated rings. The maximum Gasteiger partial charge on any atom is 0.195 e. The van der Waals surface area contributed by atoms with Crippen molar-refractivity contribution in [2.45, 2.75) is 6.92 Å². The van der Waals surface area contributed by atoms with Gasteiger partial charge in [-0.1, -0.05) is 11.3 Å². The van der Waals surface area contributed by atoms with E-state index in [1.54, 1.807) is 19.3 Å². The molecule has 1 N–H and O–H groups in total. The Hall–Kier alpha value is -1.42. The van der Waals surface area contributed by atoms with Crippen LogP contribution in [-0.2, 0) is 0 Å². The summed E-state index contributed by atoms with van der Waals surface area (Å²) in [4.78, 5) is 8.14. The van der Waals surface area contributed by atoms with Crippen LogP contribution in [0.15, 0.2) is 24.5 Å². The molecule has 0 aliphatic heterocycles. The van der Waals surface area contributed by atoms with Crippen molar-refractivity contribution < 1.29 is 5.11 Å². The molecule has 2 aromatic rings. The Balaban J connectivity index is 2.48. The third-order valence-corrected chi connectivity index (χ3v) is 2.71. The summed E-state index contributed by atoms with van der Waals surface area (Å²) in [5.41, 5.74) is 1.67. The Labute approximate surface area is 79.7 Å². The predicted molar refractivity (Wildman–Crippen MR) is 51.7 cm³/mol. The van der Waals surface area contributed by atoms with Crippen LogP contribution in [0.4, 0.5) is 0 Å². The average molecular weight is 192 g/mol. The number of thiazole rings is 1. The topological polar surface area (TPSA) is 46.0 Å². The van der Waals surface area contributed by atoms with Crippen molar-refractivity contribution in [1.82, 2.24) is 9.97 Å². The first-order valence-electron chi connectivity index (χ1n) is 3.84. The van der Waals surface area contributed by atoms with E-state index in [0.717, 1.165) is 10.6 Å². The van der Waals surface area contributed by atoms with E-state index in [1.807, 2.05) is 12.1 Å². The minimum absolute atomic E-state index is 0.284.